The van der Waals surface area contributed by atoms with E-state index in [0.29, 0.717) is 24.5 Å². The third-order valence-corrected chi connectivity index (χ3v) is 7.95. The molecule has 3 saturated heterocycles. The molecule has 184 valence electrons. The monoisotopic (exact) mass is 511 g/mol. The number of quaternary nitrogens is 1. The molecule has 9 nitrogen and oxygen atoms in total. The van der Waals surface area contributed by atoms with Crippen molar-refractivity contribution < 1.29 is 32.9 Å². The molecule has 1 amide bonds. The molecular weight excluding hydrogens is 484 g/mol. The van der Waals surface area contributed by atoms with Gasteiger partial charge in [0.05, 0.1) is 30.2 Å². The highest BCUT2D eigenvalue weighted by Gasteiger charge is 2.76. The van der Waals surface area contributed by atoms with Gasteiger partial charge >= 0.3 is 18.6 Å². The fourth-order valence-corrected chi connectivity index (χ4v) is 6.17. The van der Waals surface area contributed by atoms with Crippen LogP contribution >= 0.6 is 23.2 Å². The van der Waals surface area contributed by atoms with Crippen LogP contribution in [-0.2, 0) is 23.7 Å². The number of rotatable bonds is 8. The van der Waals surface area contributed by atoms with Gasteiger partial charge < -0.3 is 24.3 Å². The van der Waals surface area contributed by atoms with E-state index in [1.165, 1.54) is 12.1 Å². The average Bonchev–Trinajstić information content (AvgIpc) is 3.13. The summed E-state index contributed by atoms with van der Waals surface area (Å²) in [5, 5.41) is 6.28. The van der Waals surface area contributed by atoms with E-state index in [0.717, 1.165) is 0 Å². The smallest absolute Gasteiger partial charge is 0.587 e. The molecule has 4 rings (SSSR count). The Morgan fingerprint density at radius 1 is 1.18 bits per heavy atom. The van der Waals surface area contributed by atoms with Crippen molar-refractivity contribution in [3.05, 3.63) is 33.8 Å². The second kappa shape index (κ2) is 9.15. The van der Waals surface area contributed by atoms with Crippen LogP contribution in [0.5, 0.6) is 0 Å². The summed E-state index contributed by atoms with van der Waals surface area (Å²) in [7, 11) is 1.83. The van der Waals surface area contributed by atoms with E-state index in [-0.39, 0.29) is 39.6 Å². The van der Waals surface area contributed by atoms with Crippen LogP contribution in [0.4, 0.5) is 0 Å². The molecule has 1 aromatic rings. The maximum atomic E-state index is 13.0. The minimum Gasteiger partial charge on any atom is -0.600 e. The molecule has 3 fully saturated rings. The quantitative estimate of drug-likeness (QED) is 0.513. The van der Waals surface area contributed by atoms with Crippen LogP contribution in [0.25, 0.3) is 0 Å². The molecule has 12 heteroatoms. The van der Waals surface area contributed by atoms with Crippen LogP contribution < -0.4 is 10.6 Å². The Kier molecular flexibility index (Phi) is 6.72. The number of nitrogens with zero attached hydrogens (tertiary/aromatic N) is 1. The zero-order chi connectivity index (χ0) is 24.8. The van der Waals surface area contributed by atoms with Gasteiger partial charge in [0.1, 0.15) is 5.78 Å². The Balaban J connectivity index is 1.54. The lowest BCUT2D eigenvalue weighted by Gasteiger charge is -2.51. The molecule has 2 unspecified atom stereocenters. The Morgan fingerprint density at radius 2 is 1.79 bits per heavy atom. The standard InChI is InChI=1S/C22H28BCl2N3O6/c1-12(2)6-13(7-15(29)9-27-20(30)16-8-14(24)4-5-17(16)25)23-28(3)18(21(31)33-23)10-26-11-19(28)22(32)34-23/h4-5,8,12-13,18-19,26H,6-7,9-11H2,1-3H3,(H,27,30)/t13-,18-,19+,23?,28?/m1/s1. The molecule has 0 spiro atoms. The summed E-state index contributed by atoms with van der Waals surface area (Å²) in [4.78, 5) is 51.2. The largest absolute Gasteiger partial charge is 0.600 e. The topological polar surface area (TPSA) is 111 Å². The van der Waals surface area contributed by atoms with Crippen molar-refractivity contribution >= 4 is 53.5 Å². The number of halogens is 2. The number of carbonyl (C=O) groups excluding carboxylic acids is 4. The first-order valence-electron chi connectivity index (χ1n) is 11.4. The number of carbonyl (C=O) groups is 4. The van der Waals surface area contributed by atoms with E-state index in [4.69, 9.17) is 32.5 Å². The first-order valence-corrected chi connectivity index (χ1v) is 12.2. The lowest BCUT2D eigenvalue weighted by atomic mass is 9.51. The van der Waals surface area contributed by atoms with E-state index < -0.39 is 42.4 Å². The van der Waals surface area contributed by atoms with Gasteiger partial charge in [-0.1, -0.05) is 43.5 Å². The third-order valence-electron chi connectivity index (χ3n) is 7.39. The zero-order valence-electron chi connectivity index (χ0n) is 19.3. The lowest BCUT2D eigenvalue weighted by molar-refractivity contribution is -0.846. The molecule has 3 aliphatic heterocycles. The second-order valence-corrected chi connectivity index (χ2v) is 10.8. The van der Waals surface area contributed by atoms with E-state index in [1.807, 2.05) is 20.9 Å². The summed E-state index contributed by atoms with van der Waals surface area (Å²) in [5.41, 5.74) is 0.169. The highest BCUT2D eigenvalue weighted by atomic mass is 35.5. The summed E-state index contributed by atoms with van der Waals surface area (Å²) in [5.74, 6) is -1.99. The van der Waals surface area contributed by atoms with Crippen molar-refractivity contribution in [3.8, 4) is 0 Å². The molecule has 0 aromatic heterocycles. The summed E-state index contributed by atoms with van der Waals surface area (Å²) in [6.07, 6.45) is 0.504. The van der Waals surface area contributed by atoms with Crippen molar-refractivity contribution in [2.24, 2.45) is 5.92 Å². The van der Waals surface area contributed by atoms with Crippen molar-refractivity contribution in [2.45, 2.75) is 44.6 Å². The van der Waals surface area contributed by atoms with Gasteiger partial charge in [0.2, 0.25) is 0 Å². The van der Waals surface area contributed by atoms with E-state index in [2.05, 4.69) is 10.6 Å². The first-order chi connectivity index (χ1) is 16.0. The minimum atomic E-state index is -2.44. The molecule has 2 N–H and O–H groups in total. The Labute approximate surface area is 208 Å². The van der Waals surface area contributed by atoms with Gasteiger partial charge in [0, 0.05) is 12.1 Å². The molecule has 0 aliphatic carbocycles. The van der Waals surface area contributed by atoms with Crippen molar-refractivity contribution in [2.75, 3.05) is 26.7 Å². The van der Waals surface area contributed by atoms with Crippen molar-refractivity contribution in [1.29, 1.82) is 0 Å². The number of amides is 1. The number of benzene rings is 1. The fourth-order valence-electron chi connectivity index (χ4n) is 5.80. The van der Waals surface area contributed by atoms with Crippen LogP contribution in [0.15, 0.2) is 18.2 Å². The van der Waals surface area contributed by atoms with Gasteiger partial charge in [-0.15, -0.1) is 0 Å². The SMILES string of the molecule is CC(C)C[C@H](CC(=O)CNC(=O)c1cc(Cl)ccc1Cl)[B-]12OC(=O)[C@H]3CNC[C@@H](C(=O)O1)[N+]32C. The highest BCUT2D eigenvalue weighted by molar-refractivity contribution is 6.68. The van der Waals surface area contributed by atoms with Gasteiger partial charge in [-0.05, 0) is 36.4 Å². The van der Waals surface area contributed by atoms with E-state index in [1.54, 1.807) is 6.07 Å². The Bertz CT molecular complexity index is 1030. The zero-order valence-corrected chi connectivity index (χ0v) is 20.8. The molecular formula is C22H28BCl2N3O6. The Hall–Kier alpha value is -2.14. The number of hydrogen-bond donors (Lipinski definition) is 2. The summed E-state index contributed by atoms with van der Waals surface area (Å²) in [6, 6.07) is 3.36. The maximum Gasteiger partial charge on any atom is 0.587 e. The molecule has 3 aliphatic rings. The van der Waals surface area contributed by atoms with Gasteiger partial charge in [0.25, 0.3) is 5.91 Å². The number of hydrogen-bond acceptors (Lipinski definition) is 7. The predicted molar refractivity (Wildman–Crippen MR) is 126 cm³/mol. The number of likely N-dealkylation sites (N-methyl/N-ethyl adjacent to an activating group) is 1. The van der Waals surface area contributed by atoms with E-state index >= 15 is 0 Å². The van der Waals surface area contributed by atoms with Crippen molar-refractivity contribution in [1.82, 2.24) is 10.6 Å². The number of Topliss-reactive ketones (excluding diaryl/α,β-unsaturated/α-hetero) is 1. The molecule has 1 aromatic carbocycles. The summed E-state index contributed by atoms with van der Waals surface area (Å²) in [6.45, 7) is 2.06. The average molecular weight is 512 g/mol. The van der Waals surface area contributed by atoms with E-state index in [9.17, 15) is 19.2 Å². The van der Waals surface area contributed by atoms with Crippen LogP contribution in [-0.4, -0.2) is 73.5 Å². The van der Waals surface area contributed by atoms with Crippen LogP contribution in [0.1, 0.15) is 37.0 Å². The van der Waals surface area contributed by atoms with Crippen LogP contribution in [0, 0.1) is 5.92 Å². The molecule has 5 atom stereocenters. The molecule has 34 heavy (non-hydrogen) atoms. The fraction of sp³-hybridized carbons (Fsp3) is 0.545. The van der Waals surface area contributed by atoms with Crippen LogP contribution in [0.2, 0.25) is 15.9 Å². The third kappa shape index (κ3) is 4.00. The predicted octanol–water partition coefficient (Wildman–Crippen LogP) is 1.94. The first kappa shape index (κ1) is 25.0. The summed E-state index contributed by atoms with van der Waals surface area (Å²) < 4.78 is 11.8. The second-order valence-electron chi connectivity index (χ2n) is 9.95. The molecule has 0 bridgehead atoms. The molecule has 0 saturated carbocycles. The number of ketones is 1. The van der Waals surface area contributed by atoms with Gasteiger partial charge in [-0.2, -0.15) is 0 Å². The molecule has 3 heterocycles. The highest BCUT2D eigenvalue weighted by Crippen LogP contribution is 2.51. The van der Waals surface area contributed by atoms with Gasteiger partial charge in [-0.3, -0.25) is 9.59 Å². The number of nitrogens with one attached hydrogen (secondary N) is 2. The Morgan fingerprint density at radius 3 is 2.38 bits per heavy atom. The van der Waals surface area contributed by atoms with Gasteiger partial charge in [-0.25, -0.2) is 9.59 Å². The normalized spacial score (nSPS) is 30.5. The van der Waals surface area contributed by atoms with Gasteiger partial charge in [0.15, 0.2) is 12.1 Å². The van der Waals surface area contributed by atoms with Crippen LogP contribution in [0.3, 0.4) is 0 Å². The van der Waals surface area contributed by atoms with Crippen molar-refractivity contribution in [3.63, 3.8) is 0 Å². The lowest BCUT2D eigenvalue weighted by Crippen LogP contribution is -2.74. The minimum absolute atomic E-state index is 0.0109. The maximum absolute atomic E-state index is 13.0. The molecule has 0 radical (unpaired) electrons. The number of piperazine rings is 1. The summed E-state index contributed by atoms with van der Waals surface area (Å²) >= 11 is 12.0.